The number of hydrogen-bond donors (Lipinski definition) is 2. The molecule has 2 N–H and O–H groups in total. The molecular weight excluding hydrogens is 194 g/mol. The zero-order valence-electron chi connectivity index (χ0n) is 8.59. The number of aryl methyl sites for hydroxylation is 1. The minimum atomic E-state index is -0.275. The first kappa shape index (κ1) is 9.96. The zero-order chi connectivity index (χ0) is 11.0. The van der Waals surface area contributed by atoms with Crippen molar-refractivity contribution >= 4 is 5.78 Å². The van der Waals surface area contributed by atoms with Crippen molar-refractivity contribution in [2.75, 3.05) is 0 Å². The summed E-state index contributed by atoms with van der Waals surface area (Å²) in [6.45, 7) is 1.78. The first-order valence-corrected chi connectivity index (χ1v) is 5.15. The number of nitrogens with one attached hydrogen (secondary N) is 1. The molecule has 1 aliphatic carbocycles. The van der Waals surface area contributed by atoms with E-state index in [4.69, 9.17) is 0 Å². The Labute approximate surface area is 87.0 Å². The summed E-state index contributed by atoms with van der Waals surface area (Å²) in [5.74, 6) is -0.180. The number of rotatable bonds is 1. The van der Waals surface area contributed by atoms with E-state index in [0.717, 1.165) is 6.42 Å². The van der Waals surface area contributed by atoms with Crippen LogP contribution < -0.4 is 5.56 Å². The first-order chi connectivity index (χ1) is 7.15. The van der Waals surface area contributed by atoms with Crippen LogP contribution in [0.2, 0.25) is 0 Å². The maximum absolute atomic E-state index is 11.6. The fourth-order valence-corrected chi connectivity index (χ4v) is 2.04. The molecule has 0 fully saturated rings. The number of pyridine rings is 1. The van der Waals surface area contributed by atoms with Crippen LogP contribution in [0.4, 0.5) is 0 Å². The van der Waals surface area contributed by atoms with Crippen LogP contribution in [0.1, 0.15) is 41.4 Å². The SMILES string of the molecule is CCc1c(O)c2c([nH]c1=O)CCCC2=O. The molecule has 4 heteroatoms. The molecule has 0 aliphatic heterocycles. The summed E-state index contributed by atoms with van der Waals surface area (Å²) in [5, 5.41) is 9.85. The molecule has 1 heterocycles. The van der Waals surface area contributed by atoms with Gasteiger partial charge in [0.25, 0.3) is 5.56 Å². The highest BCUT2D eigenvalue weighted by Gasteiger charge is 2.24. The molecule has 0 saturated heterocycles. The third-order valence-corrected chi connectivity index (χ3v) is 2.83. The van der Waals surface area contributed by atoms with E-state index < -0.39 is 0 Å². The van der Waals surface area contributed by atoms with Gasteiger partial charge >= 0.3 is 0 Å². The van der Waals surface area contributed by atoms with Crippen LogP contribution in [0.3, 0.4) is 0 Å². The Morgan fingerprint density at radius 2 is 2.07 bits per heavy atom. The number of hydrogen-bond acceptors (Lipinski definition) is 3. The van der Waals surface area contributed by atoms with Crippen molar-refractivity contribution in [1.82, 2.24) is 4.98 Å². The fraction of sp³-hybridized carbons (Fsp3) is 0.455. The predicted molar refractivity (Wildman–Crippen MR) is 55.4 cm³/mol. The molecule has 0 amide bonds. The largest absolute Gasteiger partial charge is 0.507 e. The van der Waals surface area contributed by atoms with E-state index in [0.29, 0.717) is 36.1 Å². The van der Waals surface area contributed by atoms with E-state index in [1.807, 2.05) is 0 Å². The van der Waals surface area contributed by atoms with Gasteiger partial charge in [0, 0.05) is 12.1 Å². The second kappa shape index (κ2) is 3.53. The number of carbonyl (C=O) groups is 1. The van der Waals surface area contributed by atoms with Gasteiger partial charge in [-0.15, -0.1) is 0 Å². The van der Waals surface area contributed by atoms with Crippen molar-refractivity contribution in [3.63, 3.8) is 0 Å². The maximum atomic E-state index is 11.6. The third-order valence-electron chi connectivity index (χ3n) is 2.83. The average molecular weight is 207 g/mol. The molecule has 80 valence electrons. The molecule has 0 aromatic carbocycles. The molecular formula is C11H13NO3. The standard InChI is InChI=1S/C11H13NO3/c1-2-6-10(14)9-7(12-11(6)15)4-3-5-8(9)13/h2-5H2,1H3,(H2,12,14,15). The van der Waals surface area contributed by atoms with Gasteiger partial charge in [-0.3, -0.25) is 9.59 Å². The van der Waals surface area contributed by atoms with Gasteiger partial charge in [0.1, 0.15) is 5.75 Å². The number of H-pyrrole nitrogens is 1. The summed E-state index contributed by atoms with van der Waals surface area (Å²) in [5.41, 5.74) is 0.955. The number of aromatic amines is 1. The lowest BCUT2D eigenvalue weighted by atomic mass is 9.92. The number of Topliss-reactive ketones (excluding diaryl/α,β-unsaturated/α-hetero) is 1. The van der Waals surface area contributed by atoms with Gasteiger partial charge in [0.15, 0.2) is 5.78 Å². The summed E-state index contributed by atoms with van der Waals surface area (Å²) in [7, 11) is 0. The highest BCUT2D eigenvalue weighted by Crippen LogP contribution is 2.28. The van der Waals surface area contributed by atoms with Crippen LogP contribution in [0, 0.1) is 0 Å². The second-order valence-electron chi connectivity index (χ2n) is 3.77. The minimum absolute atomic E-state index is 0.0697. The summed E-state index contributed by atoms with van der Waals surface area (Å²) in [6.07, 6.45) is 2.29. The lowest BCUT2D eigenvalue weighted by molar-refractivity contribution is 0.0968. The van der Waals surface area contributed by atoms with Gasteiger partial charge in [-0.2, -0.15) is 0 Å². The topological polar surface area (TPSA) is 70.2 Å². The lowest BCUT2D eigenvalue weighted by Gasteiger charge is -2.16. The van der Waals surface area contributed by atoms with Gasteiger partial charge in [0.2, 0.25) is 0 Å². The molecule has 1 aliphatic rings. The lowest BCUT2D eigenvalue weighted by Crippen LogP contribution is -2.22. The van der Waals surface area contributed by atoms with Crippen molar-refractivity contribution in [3.8, 4) is 5.75 Å². The summed E-state index contributed by atoms with van der Waals surface area (Å²) < 4.78 is 0. The Morgan fingerprint density at radius 3 is 2.73 bits per heavy atom. The van der Waals surface area contributed by atoms with E-state index in [9.17, 15) is 14.7 Å². The molecule has 15 heavy (non-hydrogen) atoms. The smallest absolute Gasteiger partial charge is 0.255 e. The quantitative estimate of drug-likeness (QED) is 0.726. The number of fused-ring (bicyclic) bond motifs is 1. The second-order valence-corrected chi connectivity index (χ2v) is 3.77. The number of aromatic nitrogens is 1. The number of carbonyl (C=O) groups excluding carboxylic acids is 1. The number of ketones is 1. The van der Waals surface area contributed by atoms with Crippen molar-refractivity contribution < 1.29 is 9.90 Å². The minimum Gasteiger partial charge on any atom is -0.507 e. The van der Waals surface area contributed by atoms with E-state index >= 15 is 0 Å². The maximum Gasteiger partial charge on any atom is 0.255 e. The van der Waals surface area contributed by atoms with E-state index in [2.05, 4.69) is 4.98 Å². The summed E-state index contributed by atoms with van der Waals surface area (Å²) in [6, 6.07) is 0. The molecule has 0 spiro atoms. The van der Waals surface area contributed by atoms with Gasteiger partial charge in [-0.25, -0.2) is 0 Å². The fourth-order valence-electron chi connectivity index (χ4n) is 2.04. The molecule has 1 aromatic rings. The van der Waals surface area contributed by atoms with Gasteiger partial charge in [0.05, 0.1) is 11.1 Å². The molecule has 0 unspecified atom stereocenters. The monoisotopic (exact) mass is 207 g/mol. The predicted octanol–water partition coefficient (Wildman–Crippen LogP) is 1.16. The van der Waals surface area contributed by atoms with Crippen molar-refractivity contribution in [1.29, 1.82) is 0 Å². The average Bonchev–Trinajstić information content (AvgIpc) is 2.17. The van der Waals surface area contributed by atoms with Gasteiger partial charge < -0.3 is 10.1 Å². The van der Waals surface area contributed by atoms with Crippen LogP contribution in [0.15, 0.2) is 4.79 Å². The Bertz CT molecular complexity index is 473. The summed E-state index contributed by atoms with van der Waals surface area (Å²) in [4.78, 5) is 25.8. The van der Waals surface area contributed by atoms with Crippen LogP contribution >= 0.6 is 0 Å². The van der Waals surface area contributed by atoms with Crippen molar-refractivity contribution in [2.24, 2.45) is 0 Å². The Kier molecular flexibility index (Phi) is 2.34. The normalized spacial score (nSPS) is 15.1. The molecule has 0 radical (unpaired) electrons. The Morgan fingerprint density at radius 1 is 1.33 bits per heavy atom. The van der Waals surface area contributed by atoms with Crippen LogP contribution in [-0.2, 0) is 12.8 Å². The Hall–Kier alpha value is -1.58. The molecule has 0 saturated carbocycles. The van der Waals surface area contributed by atoms with Crippen LogP contribution in [0.25, 0.3) is 0 Å². The van der Waals surface area contributed by atoms with Crippen LogP contribution in [0.5, 0.6) is 5.75 Å². The van der Waals surface area contributed by atoms with Gasteiger partial charge in [-0.1, -0.05) is 6.92 Å². The van der Waals surface area contributed by atoms with E-state index in [1.54, 1.807) is 6.92 Å². The van der Waals surface area contributed by atoms with E-state index in [1.165, 1.54) is 0 Å². The first-order valence-electron chi connectivity index (χ1n) is 5.15. The van der Waals surface area contributed by atoms with E-state index in [-0.39, 0.29) is 17.1 Å². The van der Waals surface area contributed by atoms with Crippen molar-refractivity contribution in [3.05, 3.63) is 27.2 Å². The highest BCUT2D eigenvalue weighted by atomic mass is 16.3. The molecule has 4 nitrogen and oxygen atoms in total. The van der Waals surface area contributed by atoms with Crippen LogP contribution in [-0.4, -0.2) is 15.9 Å². The highest BCUT2D eigenvalue weighted by molar-refractivity contribution is 6.00. The molecule has 2 rings (SSSR count). The molecule has 0 bridgehead atoms. The van der Waals surface area contributed by atoms with Crippen molar-refractivity contribution in [2.45, 2.75) is 32.6 Å². The molecule has 0 atom stereocenters. The number of aromatic hydroxyl groups is 1. The zero-order valence-corrected chi connectivity index (χ0v) is 8.59. The summed E-state index contributed by atoms with van der Waals surface area (Å²) >= 11 is 0. The molecule has 1 aromatic heterocycles. The van der Waals surface area contributed by atoms with Gasteiger partial charge in [-0.05, 0) is 19.3 Å². The Balaban J connectivity index is 2.73. The third kappa shape index (κ3) is 1.46.